The van der Waals surface area contributed by atoms with Crippen LogP contribution < -0.4 is 0 Å². The molecule has 9 nitrogen and oxygen atoms in total. The number of esters is 1. The lowest BCUT2D eigenvalue weighted by molar-refractivity contribution is -0.249. The van der Waals surface area contributed by atoms with Gasteiger partial charge in [-0.05, 0) is 123 Å². The van der Waals surface area contributed by atoms with Crippen molar-refractivity contribution in [3.63, 3.8) is 0 Å². The van der Waals surface area contributed by atoms with Crippen LogP contribution in [-0.4, -0.2) is 101 Å². The van der Waals surface area contributed by atoms with Crippen molar-refractivity contribution in [2.45, 2.75) is 148 Å². The molecule has 0 aromatic carbocycles. The van der Waals surface area contributed by atoms with Gasteiger partial charge < -0.3 is 34.3 Å². The predicted molar refractivity (Wildman–Crippen MR) is 172 cm³/mol. The van der Waals surface area contributed by atoms with E-state index in [9.17, 15) is 20.1 Å². The van der Waals surface area contributed by atoms with Crippen LogP contribution in [0.2, 0.25) is 0 Å². The van der Waals surface area contributed by atoms with Crippen LogP contribution in [-0.2, 0) is 23.7 Å². The molecule has 5 saturated carbocycles. The Labute approximate surface area is 276 Å². The maximum atomic E-state index is 11.9. The van der Waals surface area contributed by atoms with Gasteiger partial charge in [0.05, 0.1) is 56.3 Å². The summed E-state index contributed by atoms with van der Waals surface area (Å²) < 4.78 is 25.4. The largest absolute Gasteiger partial charge is 0.457 e. The third kappa shape index (κ3) is 5.07. The molecule has 2 spiro atoms. The highest BCUT2D eigenvalue weighted by molar-refractivity contribution is 5.66. The summed E-state index contributed by atoms with van der Waals surface area (Å²) in [5, 5.41) is 30.4. The van der Waals surface area contributed by atoms with Crippen LogP contribution in [0.4, 0.5) is 0 Å². The average Bonchev–Trinajstić information content (AvgIpc) is 3.57. The fourth-order valence-electron chi connectivity index (χ4n) is 13.1. The van der Waals surface area contributed by atoms with Crippen LogP contribution in [0.5, 0.6) is 0 Å². The van der Waals surface area contributed by atoms with E-state index in [0.29, 0.717) is 48.3 Å². The summed E-state index contributed by atoms with van der Waals surface area (Å²) in [4.78, 5) is 14.1. The van der Waals surface area contributed by atoms with Crippen LogP contribution in [0.25, 0.3) is 0 Å². The quantitative estimate of drug-likeness (QED) is 0.332. The van der Waals surface area contributed by atoms with Gasteiger partial charge in [-0.15, -0.1) is 0 Å². The second kappa shape index (κ2) is 11.6. The number of aliphatic hydroxyl groups is 3. The van der Waals surface area contributed by atoms with Crippen LogP contribution >= 0.6 is 0 Å². The number of hydrogen-bond acceptors (Lipinski definition) is 9. The Hall–Kier alpha value is -0.810. The van der Waals surface area contributed by atoms with E-state index in [1.807, 2.05) is 0 Å². The molecule has 7 fully saturated rings. The molecule has 2 heterocycles. The molecule has 9 heteroatoms. The van der Waals surface area contributed by atoms with Gasteiger partial charge >= 0.3 is 5.97 Å². The first-order chi connectivity index (χ1) is 21.7. The van der Waals surface area contributed by atoms with E-state index in [1.165, 1.54) is 45.4 Å². The molecule has 7 aliphatic rings. The van der Waals surface area contributed by atoms with Gasteiger partial charge in [-0.25, -0.2) is 0 Å². The SMILES string of the molecule is CC(=O)O[C@@H](C1CCC2C(CC3C4CCC5C(C)(C)[C@@H](OC6CN(C(CO)CO)CCO6)CCC56CC46CCC23C)O1)C(C)(C)O. The molecule has 7 rings (SSSR count). The Morgan fingerprint density at radius 1 is 0.978 bits per heavy atom. The molecule has 2 saturated heterocycles. The smallest absolute Gasteiger partial charge is 0.303 e. The number of nitrogens with zero attached hydrogens (tertiary/aromatic N) is 1. The van der Waals surface area contributed by atoms with Crippen molar-refractivity contribution in [3.05, 3.63) is 0 Å². The van der Waals surface area contributed by atoms with Crippen molar-refractivity contribution in [2.75, 3.05) is 32.9 Å². The average molecular weight is 648 g/mol. The van der Waals surface area contributed by atoms with Crippen molar-refractivity contribution in [1.29, 1.82) is 0 Å². The van der Waals surface area contributed by atoms with E-state index < -0.39 is 11.7 Å². The topological polar surface area (TPSA) is 118 Å². The Morgan fingerprint density at radius 3 is 2.41 bits per heavy atom. The van der Waals surface area contributed by atoms with E-state index in [1.54, 1.807) is 13.8 Å². The van der Waals surface area contributed by atoms with E-state index in [0.717, 1.165) is 31.6 Å². The molecule has 12 atom stereocenters. The lowest BCUT2D eigenvalue weighted by Crippen LogP contribution is -2.57. The number of fused-ring (bicyclic) bond motifs is 4. The monoisotopic (exact) mass is 647 g/mol. The summed E-state index contributed by atoms with van der Waals surface area (Å²) in [7, 11) is 0. The zero-order valence-corrected chi connectivity index (χ0v) is 29.2. The van der Waals surface area contributed by atoms with Gasteiger partial charge in [-0.2, -0.15) is 0 Å². The van der Waals surface area contributed by atoms with Crippen LogP contribution in [0.1, 0.15) is 106 Å². The molecule has 3 N–H and O–H groups in total. The van der Waals surface area contributed by atoms with Gasteiger partial charge in [-0.1, -0.05) is 20.8 Å². The molecule has 262 valence electrons. The van der Waals surface area contributed by atoms with E-state index >= 15 is 0 Å². The Kier molecular flexibility index (Phi) is 8.51. The summed E-state index contributed by atoms with van der Waals surface area (Å²) in [5.41, 5.74) is 0.0399. The van der Waals surface area contributed by atoms with Gasteiger partial charge in [0.2, 0.25) is 0 Å². The Balaban J connectivity index is 1.05. The minimum Gasteiger partial charge on any atom is -0.457 e. The van der Waals surface area contributed by atoms with Crippen molar-refractivity contribution in [2.24, 2.45) is 45.3 Å². The first-order valence-electron chi connectivity index (χ1n) is 18.5. The summed E-state index contributed by atoms with van der Waals surface area (Å²) in [6, 6.07) is -0.260. The first kappa shape index (κ1) is 33.7. The second-order valence-electron chi connectivity index (χ2n) is 18.0. The van der Waals surface area contributed by atoms with Crippen molar-refractivity contribution in [3.8, 4) is 0 Å². The molecule has 0 aromatic rings. The van der Waals surface area contributed by atoms with E-state index in [-0.39, 0.29) is 60.7 Å². The third-order valence-electron chi connectivity index (χ3n) is 15.2. The van der Waals surface area contributed by atoms with Crippen LogP contribution in [0, 0.1) is 45.3 Å². The molecule has 10 unspecified atom stereocenters. The molecular formula is C37H61NO8. The molecule has 0 bridgehead atoms. The molecule has 2 aliphatic heterocycles. The number of ether oxygens (including phenoxy) is 4. The Bertz CT molecular complexity index is 1150. The highest BCUT2D eigenvalue weighted by atomic mass is 16.7. The minimum absolute atomic E-state index is 0.0509. The molecular weight excluding hydrogens is 586 g/mol. The second-order valence-corrected chi connectivity index (χ2v) is 18.0. The maximum Gasteiger partial charge on any atom is 0.303 e. The molecule has 0 amide bonds. The minimum atomic E-state index is -1.15. The van der Waals surface area contributed by atoms with Crippen LogP contribution in [0.3, 0.4) is 0 Å². The number of hydrogen-bond donors (Lipinski definition) is 3. The first-order valence-corrected chi connectivity index (χ1v) is 18.5. The van der Waals surface area contributed by atoms with Gasteiger partial charge in [-0.3, -0.25) is 9.69 Å². The fourth-order valence-corrected chi connectivity index (χ4v) is 13.1. The predicted octanol–water partition coefficient (Wildman–Crippen LogP) is 4.29. The van der Waals surface area contributed by atoms with E-state index in [2.05, 4.69) is 25.7 Å². The van der Waals surface area contributed by atoms with E-state index in [4.69, 9.17) is 18.9 Å². The van der Waals surface area contributed by atoms with Gasteiger partial charge in [0, 0.05) is 13.5 Å². The molecule has 46 heavy (non-hydrogen) atoms. The molecule has 0 radical (unpaired) electrons. The summed E-state index contributed by atoms with van der Waals surface area (Å²) in [6.45, 7) is 14.1. The van der Waals surface area contributed by atoms with Crippen molar-refractivity contribution in [1.82, 2.24) is 4.90 Å². The molecule has 5 aliphatic carbocycles. The van der Waals surface area contributed by atoms with Gasteiger partial charge in [0.15, 0.2) is 12.4 Å². The summed E-state index contributed by atoms with van der Waals surface area (Å²) in [6.07, 6.45) is 10.9. The zero-order valence-electron chi connectivity index (χ0n) is 29.2. The number of rotatable bonds is 8. The highest BCUT2D eigenvalue weighted by Crippen LogP contribution is 2.87. The van der Waals surface area contributed by atoms with Crippen LogP contribution in [0.15, 0.2) is 0 Å². The lowest BCUT2D eigenvalue weighted by Gasteiger charge is -2.60. The molecule has 0 aromatic heterocycles. The third-order valence-corrected chi connectivity index (χ3v) is 15.2. The van der Waals surface area contributed by atoms with Gasteiger partial charge in [0.25, 0.3) is 0 Å². The normalized spacial score (nSPS) is 47.2. The summed E-state index contributed by atoms with van der Waals surface area (Å²) in [5.74, 6) is 2.21. The lowest BCUT2D eigenvalue weighted by atomic mass is 9.46. The number of carbonyl (C=O) groups is 1. The van der Waals surface area contributed by atoms with Gasteiger partial charge in [0.1, 0.15) is 0 Å². The number of carbonyl (C=O) groups excluding carboxylic acids is 1. The van der Waals surface area contributed by atoms with Crippen molar-refractivity contribution < 1.29 is 39.1 Å². The number of aliphatic hydroxyl groups excluding tert-OH is 2. The van der Waals surface area contributed by atoms with Crippen molar-refractivity contribution >= 4 is 5.97 Å². The highest BCUT2D eigenvalue weighted by Gasteiger charge is 2.80. The fraction of sp³-hybridized carbons (Fsp3) is 0.973. The Morgan fingerprint density at radius 2 is 1.72 bits per heavy atom. The standard InChI is InChI=1S/C37H61NO8/c1-22(41)44-32(34(4,5)42)27-9-7-25-28(45-27)17-26-24-8-10-29-33(2,3)30(46-31-18-38(15-16-43-31)23(19-39)20-40)11-12-37(29)21-36(24,37)14-13-35(25,26)6/h23-32,39-40,42H,7-21H2,1-6H3/t24?,25?,26?,27?,28?,29?,30-,31?,32-,35?,36?,37?/m0/s1. The summed E-state index contributed by atoms with van der Waals surface area (Å²) >= 11 is 0. The number of morpholine rings is 1. The zero-order chi connectivity index (χ0) is 32.9. The maximum absolute atomic E-state index is 11.9.